The van der Waals surface area contributed by atoms with Gasteiger partial charge >= 0.3 is 11.8 Å². The molecule has 0 saturated carbocycles. The van der Waals surface area contributed by atoms with E-state index in [4.69, 9.17) is 13.6 Å². The molecule has 1 N–H and O–H groups in total. The second kappa shape index (κ2) is 7.84. The number of fused-ring (bicyclic) bond motifs is 2. The molecule has 0 saturated heterocycles. The number of ether oxygens (including phenoxy) is 1. The Morgan fingerprint density at radius 2 is 2.03 bits per heavy atom. The van der Waals surface area contributed by atoms with Crippen LogP contribution in [0.25, 0.3) is 22.6 Å². The van der Waals surface area contributed by atoms with E-state index in [-0.39, 0.29) is 11.8 Å². The molecular weight excluding hydrogens is 436 g/mol. The van der Waals surface area contributed by atoms with Gasteiger partial charge in [0.25, 0.3) is 5.89 Å². The minimum absolute atomic E-state index is 0.120. The molecule has 1 aromatic carbocycles. The van der Waals surface area contributed by atoms with Crippen LogP contribution in [-0.4, -0.2) is 49.6 Å². The number of nitrogens with one attached hydrogen (secondary N) is 1. The molecule has 1 amide bonds. The zero-order valence-corrected chi connectivity index (χ0v) is 18.5. The summed E-state index contributed by atoms with van der Waals surface area (Å²) >= 11 is 0. The first-order valence-corrected chi connectivity index (χ1v) is 10.8. The molecule has 0 spiro atoms. The van der Waals surface area contributed by atoms with Crippen LogP contribution in [0.15, 0.2) is 57.8 Å². The highest BCUT2D eigenvalue weighted by molar-refractivity contribution is 5.91. The monoisotopic (exact) mass is 456 g/mol. The highest BCUT2D eigenvalue weighted by Crippen LogP contribution is 2.39. The van der Waals surface area contributed by atoms with Gasteiger partial charge in [-0.25, -0.2) is 9.97 Å². The fourth-order valence-electron chi connectivity index (χ4n) is 4.38. The van der Waals surface area contributed by atoms with E-state index >= 15 is 0 Å². The molecule has 34 heavy (non-hydrogen) atoms. The third kappa shape index (κ3) is 3.14. The summed E-state index contributed by atoms with van der Waals surface area (Å²) in [6.45, 7) is 2.43. The van der Waals surface area contributed by atoms with Crippen molar-refractivity contribution in [1.29, 1.82) is 0 Å². The van der Waals surface area contributed by atoms with Gasteiger partial charge in [0.05, 0.1) is 25.3 Å². The highest BCUT2D eigenvalue weighted by atomic mass is 16.5. The van der Waals surface area contributed by atoms with E-state index < -0.39 is 11.9 Å². The van der Waals surface area contributed by atoms with Crippen molar-refractivity contribution in [3.63, 3.8) is 0 Å². The van der Waals surface area contributed by atoms with E-state index in [1.165, 1.54) is 0 Å². The first-order chi connectivity index (χ1) is 16.6. The topological polar surface area (TPSA) is 123 Å². The molecule has 5 heterocycles. The number of para-hydroxylation sites is 1. The van der Waals surface area contributed by atoms with E-state index in [1.807, 2.05) is 31.2 Å². The smallest absolute Gasteiger partial charge is 0.312 e. The number of aromatic amines is 1. The van der Waals surface area contributed by atoms with Crippen molar-refractivity contribution in [3.05, 3.63) is 77.5 Å². The summed E-state index contributed by atoms with van der Waals surface area (Å²) in [6, 6.07) is 10.7. The molecule has 0 fully saturated rings. The molecule has 10 heteroatoms. The molecule has 0 aliphatic carbocycles. The average molecular weight is 456 g/mol. The van der Waals surface area contributed by atoms with Crippen LogP contribution in [0.1, 0.15) is 39.4 Å². The number of benzene rings is 1. The van der Waals surface area contributed by atoms with Gasteiger partial charge in [-0.3, -0.25) is 4.79 Å². The van der Waals surface area contributed by atoms with E-state index in [0.717, 1.165) is 27.9 Å². The van der Waals surface area contributed by atoms with Crippen molar-refractivity contribution < 1.29 is 18.4 Å². The minimum atomic E-state index is -0.524. The third-order valence-corrected chi connectivity index (χ3v) is 6.11. The number of rotatable bonds is 4. The lowest BCUT2D eigenvalue weighted by atomic mass is 9.97. The summed E-state index contributed by atoms with van der Waals surface area (Å²) < 4.78 is 17.1. The van der Waals surface area contributed by atoms with E-state index in [1.54, 1.807) is 36.7 Å². The van der Waals surface area contributed by atoms with Gasteiger partial charge in [0.1, 0.15) is 28.8 Å². The van der Waals surface area contributed by atoms with Crippen molar-refractivity contribution in [2.24, 2.45) is 0 Å². The van der Waals surface area contributed by atoms with E-state index in [2.05, 4.69) is 25.1 Å². The number of carbonyl (C=O) groups is 1. The van der Waals surface area contributed by atoms with Gasteiger partial charge in [-0.05, 0) is 25.1 Å². The van der Waals surface area contributed by atoms with Crippen LogP contribution in [-0.2, 0) is 6.42 Å². The van der Waals surface area contributed by atoms with Crippen LogP contribution >= 0.6 is 0 Å². The molecule has 6 rings (SSSR count). The van der Waals surface area contributed by atoms with Crippen molar-refractivity contribution in [3.8, 4) is 17.3 Å². The van der Waals surface area contributed by atoms with Gasteiger partial charge in [0.2, 0.25) is 0 Å². The summed E-state index contributed by atoms with van der Waals surface area (Å²) in [5.74, 6) is 0.905. The number of aromatic nitrogens is 5. The van der Waals surface area contributed by atoms with Crippen LogP contribution in [0.4, 0.5) is 0 Å². The van der Waals surface area contributed by atoms with E-state index in [9.17, 15) is 4.79 Å². The maximum absolute atomic E-state index is 13.6. The molecule has 1 atom stereocenters. The summed E-state index contributed by atoms with van der Waals surface area (Å²) in [7, 11) is 1.56. The Bertz CT molecular complexity index is 1500. The molecular formula is C24H20N6O4. The fraction of sp³-hybridized carbons (Fsp3) is 0.208. The SMILES string of the molecule is COc1ccc(-c2nnc(C(=O)N3CCc4[nH]cnc4[C@@H]3c3oc4ccccc4c3C)o2)nc1. The maximum atomic E-state index is 13.6. The summed E-state index contributed by atoms with van der Waals surface area (Å²) in [4.78, 5) is 27.2. The molecule has 1 aliphatic rings. The Morgan fingerprint density at radius 3 is 2.82 bits per heavy atom. The van der Waals surface area contributed by atoms with E-state index in [0.29, 0.717) is 30.2 Å². The number of pyridine rings is 1. The number of furan rings is 1. The summed E-state index contributed by atoms with van der Waals surface area (Å²) in [6.07, 6.45) is 3.81. The Hall–Kier alpha value is -4.47. The molecule has 170 valence electrons. The largest absolute Gasteiger partial charge is 0.495 e. The fourth-order valence-corrected chi connectivity index (χ4v) is 4.38. The number of carbonyl (C=O) groups excluding carboxylic acids is 1. The van der Waals surface area contributed by atoms with Crippen LogP contribution in [0, 0.1) is 6.92 Å². The van der Waals surface area contributed by atoms with Gasteiger partial charge in [0.15, 0.2) is 0 Å². The zero-order valence-electron chi connectivity index (χ0n) is 18.5. The van der Waals surface area contributed by atoms with Gasteiger partial charge in [-0.15, -0.1) is 10.2 Å². The number of methoxy groups -OCH3 is 1. The number of amides is 1. The molecule has 0 radical (unpaired) electrons. The predicted octanol–water partition coefficient (Wildman–Crippen LogP) is 3.71. The lowest BCUT2D eigenvalue weighted by Crippen LogP contribution is -2.41. The van der Waals surface area contributed by atoms with Crippen LogP contribution in [0.2, 0.25) is 0 Å². The van der Waals surface area contributed by atoms with Crippen LogP contribution in [0.3, 0.4) is 0 Å². The Labute approximate surface area is 193 Å². The summed E-state index contributed by atoms with van der Waals surface area (Å²) in [5.41, 5.74) is 3.89. The first-order valence-electron chi connectivity index (χ1n) is 10.8. The molecule has 0 bridgehead atoms. The van der Waals surface area contributed by atoms with Crippen molar-refractivity contribution in [2.45, 2.75) is 19.4 Å². The van der Waals surface area contributed by atoms with Crippen molar-refractivity contribution in [2.75, 3.05) is 13.7 Å². The summed E-state index contributed by atoms with van der Waals surface area (Å²) in [5, 5.41) is 9.04. The third-order valence-electron chi connectivity index (χ3n) is 6.11. The lowest BCUT2D eigenvalue weighted by Gasteiger charge is -2.33. The highest BCUT2D eigenvalue weighted by Gasteiger charge is 2.39. The predicted molar refractivity (Wildman–Crippen MR) is 120 cm³/mol. The number of hydrogen-bond donors (Lipinski definition) is 1. The number of nitrogens with zero attached hydrogens (tertiary/aromatic N) is 5. The van der Waals surface area contributed by atoms with Gasteiger partial charge in [0, 0.05) is 29.6 Å². The second-order valence-electron chi connectivity index (χ2n) is 8.00. The number of H-pyrrole nitrogens is 1. The molecule has 10 nitrogen and oxygen atoms in total. The van der Waals surface area contributed by atoms with Gasteiger partial charge in [-0.1, -0.05) is 18.2 Å². The first kappa shape index (κ1) is 20.2. The average Bonchev–Trinajstić information content (AvgIpc) is 3.62. The van der Waals surface area contributed by atoms with Crippen molar-refractivity contribution >= 4 is 16.9 Å². The second-order valence-corrected chi connectivity index (χ2v) is 8.00. The Morgan fingerprint density at radius 1 is 1.15 bits per heavy atom. The molecule has 0 unspecified atom stereocenters. The molecule has 5 aromatic rings. The molecule has 1 aliphatic heterocycles. The number of hydrogen-bond acceptors (Lipinski definition) is 8. The lowest BCUT2D eigenvalue weighted by molar-refractivity contribution is 0.0632. The quantitative estimate of drug-likeness (QED) is 0.434. The normalized spacial score (nSPS) is 15.5. The van der Waals surface area contributed by atoms with Gasteiger partial charge < -0.3 is 23.5 Å². The van der Waals surface area contributed by atoms with Crippen LogP contribution in [0.5, 0.6) is 5.75 Å². The molecule has 4 aromatic heterocycles. The van der Waals surface area contributed by atoms with Crippen LogP contribution < -0.4 is 4.74 Å². The van der Waals surface area contributed by atoms with Crippen molar-refractivity contribution in [1.82, 2.24) is 30.0 Å². The standard InChI is InChI=1S/C24H20N6O4/c1-13-15-5-3-4-6-18(15)33-21(13)20-19-16(26-12-27-19)9-10-30(20)24(31)23-29-28-22(34-23)17-8-7-14(32-2)11-25-17/h3-8,11-12,20H,9-10H2,1-2H3,(H,26,27)/t20-/m1/s1. The number of imidazole rings is 1. The number of aryl methyl sites for hydroxylation is 1. The Balaban J connectivity index is 1.39. The Kier molecular flexibility index (Phi) is 4.65. The van der Waals surface area contributed by atoms with Gasteiger partial charge in [-0.2, -0.15) is 0 Å². The maximum Gasteiger partial charge on any atom is 0.312 e. The minimum Gasteiger partial charge on any atom is -0.495 e. The zero-order chi connectivity index (χ0) is 23.2.